The maximum Gasteiger partial charge on any atom is 0.405 e. The van der Waals surface area contributed by atoms with Gasteiger partial charge in [0.25, 0.3) is 5.91 Å². The minimum Gasteiger partial charge on any atom is -0.343 e. The zero-order valence-corrected chi connectivity index (χ0v) is 16.1. The van der Waals surface area contributed by atoms with Gasteiger partial charge in [-0.05, 0) is 36.1 Å². The maximum absolute atomic E-state index is 12.8. The van der Waals surface area contributed by atoms with Crippen molar-refractivity contribution in [1.29, 1.82) is 0 Å². The molecule has 0 saturated carbocycles. The molecule has 0 unspecified atom stereocenters. The molecule has 0 atom stereocenters. The Bertz CT molecular complexity index is 689. The van der Waals surface area contributed by atoms with Gasteiger partial charge in [-0.15, -0.1) is 0 Å². The molecule has 26 heavy (non-hydrogen) atoms. The third kappa shape index (κ3) is 6.95. The summed E-state index contributed by atoms with van der Waals surface area (Å²) in [4.78, 5) is 11.7. The van der Waals surface area contributed by atoms with Gasteiger partial charge < -0.3 is 5.32 Å². The molecule has 5 nitrogen and oxygen atoms in total. The van der Waals surface area contributed by atoms with E-state index in [2.05, 4.69) is 0 Å². The molecule has 0 aliphatic rings. The molecule has 0 spiro atoms. The first-order valence-corrected chi connectivity index (χ1v) is 9.72. The van der Waals surface area contributed by atoms with Crippen molar-refractivity contribution in [1.82, 2.24) is 9.62 Å². The van der Waals surface area contributed by atoms with Crippen molar-refractivity contribution in [2.24, 2.45) is 11.8 Å². The molecular weight excluding hydrogens is 369 g/mol. The molecule has 0 heterocycles. The number of amides is 1. The second-order valence-electron chi connectivity index (χ2n) is 6.93. The molecule has 0 radical (unpaired) electrons. The molecule has 0 fully saturated rings. The Labute approximate surface area is 152 Å². The number of rotatable bonds is 8. The molecule has 0 aliphatic heterocycles. The van der Waals surface area contributed by atoms with Crippen LogP contribution in [0.25, 0.3) is 0 Å². The number of carbonyl (C=O) groups excluding carboxylic acids is 1. The third-order valence-corrected chi connectivity index (χ3v) is 5.19. The van der Waals surface area contributed by atoms with Crippen LogP contribution in [0.3, 0.4) is 0 Å². The van der Waals surface area contributed by atoms with Crippen LogP contribution in [0.4, 0.5) is 13.2 Å². The summed E-state index contributed by atoms with van der Waals surface area (Å²) in [7, 11) is -3.75. The van der Waals surface area contributed by atoms with Gasteiger partial charge in [0.2, 0.25) is 10.0 Å². The summed E-state index contributed by atoms with van der Waals surface area (Å²) < 4.78 is 63.5. The number of alkyl halides is 3. The van der Waals surface area contributed by atoms with Crippen LogP contribution in [0, 0.1) is 11.8 Å². The van der Waals surface area contributed by atoms with Crippen LogP contribution < -0.4 is 5.32 Å². The summed E-state index contributed by atoms with van der Waals surface area (Å²) in [6.45, 7) is 6.92. The lowest BCUT2D eigenvalue weighted by Gasteiger charge is -2.25. The Hall–Kier alpha value is -1.61. The SMILES string of the molecule is CC(C)CN(CC(C)C)S(=O)(=O)c1ccc(C(=O)NCC(F)(F)F)cc1. The van der Waals surface area contributed by atoms with E-state index in [1.165, 1.54) is 28.6 Å². The number of nitrogens with zero attached hydrogens (tertiary/aromatic N) is 1. The van der Waals surface area contributed by atoms with Crippen molar-refractivity contribution in [3.05, 3.63) is 29.8 Å². The summed E-state index contributed by atoms with van der Waals surface area (Å²) >= 11 is 0. The topological polar surface area (TPSA) is 66.5 Å². The normalized spacial score (nSPS) is 12.8. The molecule has 0 bridgehead atoms. The predicted octanol–water partition coefficient (Wildman–Crippen LogP) is 3.28. The highest BCUT2D eigenvalue weighted by atomic mass is 32.2. The molecular formula is C17H25F3N2O3S. The van der Waals surface area contributed by atoms with E-state index in [0.29, 0.717) is 13.1 Å². The number of hydrogen-bond donors (Lipinski definition) is 1. The Kier molecular flexibility index (Phi) is 7.64. The van der Waals surface area contributed by atoms with Crippen LogP contribution in [0.2, 0.25) is 0 Å². The van der Waals surface area contributed by atoms with Crippen molar-refractivity contribution in [3.8, 4) is 0 Å². The first-order chi connectivity index (χ1) is 11.8. The molecule has 1 aromatic carbocycles. The summed E-state index contributed by atoms with van der Waals surface area (Å²) in [5.74, 6) is -0.639. The Morgan fingerprint density at radius 3 is 1.88 bits per heavy atom. The second-order valence-corrected chi connectivity index (χ2v) is 8.87. The molecule has 1 amide bonds. The fraction of sp³-hybridized carbons (Fsp3) is 0.588. The fourth-order valence-electron chi connectivity index (χ4n) is 2.30. The molecule has 0 aliphatic carbocycles. The molecule has 1 N–H and O–H groups in total. The smallest absolute Gasteiger partial charge is 0.343 e. The van der Waals surface area contributed by atoms with Crippen molar-refractivity contribution in [3.63, 3.8) is 0 Å². The van der Waals surface area contributed by atoms with Crippen molar-refractivity contribution < 1.29 is 26.4 Å². The van der Waals surface area contributed by atoms with E-state index in [9.17, 15) is 26.4 Å². The number of hydrogen-bond acceptors (Lipinski definition) is 3. The van der Waals surface area contributed by atoms with Crippen LogP contribution in [0.1, 0.15) is 38.1 Å². The highest BCUT2D eigenvalue weighted by Gasteiger charge is 2.28. The largest absolute Gasteiger partial charge is 0.405 e. The van der Waals surface area contributed by atoms with Crippen LogP contribution in [-0.4, -0.2) is 44.4 Å². The Balaban J connectivity index is 2.98. The Morgan fingerprint density at radius 2 is 1.50 bits per heavy atom. The van der Waals surface area contributed by atoms with E-state index in [1.807, 2.05) is 27.7 Å². The summed E-state index contributed by atoms with van der Waals surface area (Å²) in [6.07, 6.45) is -4.51. The average molecular weight is 394 g/mol. The van der Waals surface area contributed by atoms with Crippen LogP contribution in [0.15, 0.2) is 29.2 Å². The minimum atomic E-state index is -4.51. The van der Waals surface area contributed by atoms with Crippen molar-refractivity contribution in [2.75, 3.05) is 19.6 Å². The van der Waals surface area contributed by atoms with Crippen molar-refractivity contribution >= 4 is 15.9 Å². The number of carbonyl (C=O) groups is 1. The Morgan fingerprint density at radius 1 is 1.04 bits per heavy atom. The molecule has 0 saturated heterocycles. The monoisotopic (exact) mass is 394 g/mol. The quantitative estimate of drug-likeness (QED) is 0.736. The van der Waals surface area contributed by atoms with Gasteiger partial charge in [0.15, 0.2) is 0 Å². The maximum atomic E-state index is 12.8. The van der Waals surface area contributed by atoms with Gasteiger partial charge in [-0.3, -0.25) is 4.79 Å². The van der Waals surface area contributed by atoms with Crippen LogP contribution in [-0.2, 0) is 10.0 Å². The van der Waals surface area contributed by atoms with Crippen molar-refractivity contribution in [2.45, 2.75) is 38.8 Å². The summed E-state index contributed by atoms with van der Waals surface area (Å²) in [6, 6.07) is 4.90. The second kappa shape index (κ2) is 8.85. The fourth-order valence-corrected chi connectivity index (χ4v) is 4.06. The summed E-state index contributed by atoms with van der Waals surface area (Å²) in [5.41, 5.74) is -0.0348. The van der Waals surface area contributed by atoms with Gasteiger partial charge in [0.05, 0.1) is 4.90 Å². The van der Waals surface area contributed by atoms with Gasteiger partial charge in [0, 0.05) is 18.7 Å². The minimum absolute atomic E-state index is 0.00571. The molecule has 1 aromatic rings. The number of sulfonamides is 1. The lowest BCUT2D eigenvalue weighted by Crippen LogP contribution is -2.37. The number of benzene rings is 1. The number of nitrogens with one attached hydrogen (secondary N) is 1. The lowest BCUT2D eigenvalue weighted by atomic mass is 10.2. The van der Waals surface area contributed by atoms with Gasteiger partial charge >= 0.3 is 6.18 Å². The molecule has 148 valence electrons. The van der Waals surface area contributed by atoms with E-state index >= 15 is 0 Å². The molecule has 1 rings (SSSR count). The van der Waals surface area contributed by atoms with E-state index < -0.39 is 28.7 Å². The first-order valence-electron chi connectivity index (χ1n) is 8.28. The zero-order valence-electron chi connectivity index (χ0n) is 15.3. The van der Waals surface area contributed by atoms with Crippen LogP contribution in [0.5, 0.6) is 0 Å². The number of halogens is 3. The third-order valence-electron chi connectivity index (χ3n) is 3.34. The van der Waals surface area contributed by atoms with E-state index in [1.54, 1.807) is 5.32 Å². The van der Waals surface area contributed by atoms with Gasteiger partial charge in [-0.2, -0.15) is 17.5 Å². The lowest BCUT2D eigenvalue weighted by molar-refractivity contribution is -0.123. The summed E-state index contributed by atoms with van der Waals surface area (Å²) in [5, 5.41) is 1.75. The average Bonchev–Trinajstić information content (AvgIpc) is 2.50. The van der Waals surface area contributed by atoms with E-state index in [4.69, 9.17) is 0 Å². The van der Waals surface area contributed by atoms with Gasteiger partial charge in [-0.1, -0.05) is 27.7 Å². The standard InChI is InChI=1S/C17H25F3N2O3S/c1-12(2)9-22(10-13(3)4)26(24,25)15-7-5-14(6-8-15)16(23)21-11-17(18,19)20/h5-8,12-13H,9-11H2,1-4H3,(H,21,23). The van der Waals surface area contributed by atoms with Crippen LogP contribution >= 0.6 is 0 Å². The molecule has 0 aromatic heterocycles. The highest BCUT2D eigenvalue weighted by Crippen LogP contribution is 2.20. The molecule has 9 heteroatoms. The van der Waals surface area contributed by atoms with E-state index in [-0.39, 0.29) is 22.3 Å². The van der Waals surface area contributed by atoms with Gasteiger partial charge in [0.1, 0.15) is 6.54 Å². The predicted molar refractivity (Wildman–Crippen MR) is 93.3 cm³/mol. The highest BCUT2D eigenvalue weighted by molar-refractivity contribution is 7.89. The van der Waals surface area contributed by atoms with E-state index in [0.717, 1.165) is 0 Å². The first kappa shape index (κ1) is 22.4. The van der Waals surface area contributed by atoms with Gasteiger partial charge in [-0.25, -0.2) is 8.42 Å². The zero-order chi connectivity index (χ0) is 20.1.